The number of benzene rings is 4. The van der Waals surface area contributed by atoms with E-state index in [4.69, 9.17) is 9.72 Å². The van der Waals surface area contributed by atoms with Gasteiger partial charge in [-0.3, -0.25) is 4.79 Å². The van der Waals surface area contributed by atoms with Crippen LogP contribution in [0.15, 0.2) is 91.0 Å². The predicted octanol–water partition coefficient (Wildman–Crippen LogP) is 6.77. The minimum Gasteiger partial charge on any atom is -0.457 e. The molecule has 238 valence electrons. The molecule has 4 N–H and O–H groups in total. The number of fused-ring (bicyclic) bond motifs is 1. The topological polar surface area (TPSA) is 121 Å². The molecule has 1 aliphatic rings. The fourth-order valence-electron chi connectivity index (χ4n) is 5.15. The van der Waals surface area contributed by atoms with Crippen LogP contribution >= 0.6 is 0 Å². The van der Waals surface area contributed by atoms with Crippen LogP contribution in [0.1, 0.15) is 21.5 Å². The van der Waals surface area contributed by atoms with Crippen LogP contribution in [-0.4, -0.2) is 42.0 Å². The summed E-state index contributed by atoms with van der Waals surface area (Å²) in [4.78, 5) is 36.8. The number of nitrogens with one attached hydrogen (secondary N) is 4. The Morgan fingerprint density at radius 1 is 0.915 bits per heavy atom. The first kappa shape index (κ1) is 31.1. The Bertz CT molecular complexity index is 1940. The van der Waals surface area contributed by atoms with Crippen LogP contribution in [0.2, 0.25) is 0 Å². The second-order valence-electron chi connectivity index (χ2n) is 10.7. The number of hydrogen-bond donors (Lipinski definition) is 4. The summed E-state index contributed by atoms with van der Waals surface area (Å²) in [5, 5.41) is 11.7. The van der Waals surface area contributed by atoms with Crippen LogP contribution in [0.25, 0.3) is 11.3 Å². The molecule has 0 saturated carbocycles. The maximum atomic E-state index is 15.0. The molecule has 10 nitrogen and oxygen atoms in total. The second kappa shape index (κ2) is 13.6. The Kier molecular flexibility index (Phi) is 9.02. The molecular formula is C35H31F2N7O3. The number of amides is 3. The number of rotatable bonds is 10. The van der Waals surface area contributed by atoms with E-state index in [0.29, 0.717) is 52.7 Å². The predicted molar refractivity (Wildman–Crippen MR) is 176 cm³/mol. The summed E-state index contributed by atoms with van der Waals surface area (Å²) in [5.41, 5.74) is 2.51. The molecule has 4 aromatic carbocycles. The van der Waals surface area contributed by atoms with Gasteiger partial charge in [0.1, 0.15) is 28.8 Å². The van der Waals surface area contributed by atoms with Crippen molar-refractivity contribution in [2.75, 3.05) is 35.7 Å². The van der Waals surface area contributed by atoms with Gasteiger partial charge in [-0.25, -0.2) is 23.5 Å². The normalized spacial score (nSPS) is 12.3. The zero-order chi connectivity index (χ0) is 32.9. The molecule has 1 aromatic heterocycles. The fourth-order valence-corrected chi connectivity index (χ4v) is 5.15. The minimum absolute atomic E-state index is 0.00304. The molecule has 0 spiro atoms. The minimum atomic E-state index is -0.925. The molecule has 5 aromatic rings. The van der Waals surface area contributed by atoms with Gasteiger partial charge in [0.15, 0.2) is 5.82 Å². The molecule has 12 heteroatoms. The van der Waals surface area contributed by atoms with Crippen LogP contribution in [0.4, 0.5) is 36.7 Å². The van der Waals surface area contributed by atoms with Crippen molar-refractivity contribution >= 4 is 35.1 Å². The first-order valence-corrected chi connectivity index (χ1v) is 14.9. The molecule has 2 heterocycles. The lowest BCUT2D eigenvalue weighted by molar-refractivity contribution is 0.102. The zero-order valence-electron chi connectivity index (χ0n) is 25.6. The van der Waals surface area contributed by atoms with Gasteiger partial charge in [0.05, 0.1) is 12.2 Å². The summed E-state index contributed by atoms with van der Waals surface area (Å²) < 4.78 is 35.9. The Hall–Kier alpha value is -5.88. The van der Waals surface area contributed by atoms with Crippen LogP contribution < -0.4 is 30.9 Å². The molecule has 0 aliphatic carbocycles. The number of halogens is 2. The van der Waals surface area contributed by atoms with E-state index in [0.717, 1.165) is 22.6 Å². The third kappa shape index (κ3) is 6.72. The van der Waals surface area contributed by atoms with E-state index >= 15 is 8.78 Å². The third-order valence-corrected chi connectivity index (χ3v) is 7.46. The molecule has 3 amide bonds. The van der Waals surface area contributed by atoms with Gasteiger partial charge in [-0.15, -0.1) is 0 Å². The van der Waals surface area contributed by atoms with Gasteiger partial charge in [-0.1, -0.05) is 36.4 Å². The average molecular weight is 636 g/mol. The number of anilines is 4. The number of aromatic nitrogens is 2. The first-order chi connectivity index (χ1) is 22.8. The zero-order valence-corrected chi connectivity index (χ0v) is 25.6. The van der Waals surface area contributed by atoms with Crippen molar-refractivity contribution in [3.05, 3.63) is 119 Å². The first-order valence-electron chi connectivity index (χ1n) is 14.9. The van der Waals surface area contributed by atoms with Crippen molar-refractivity contribution in [3.63, 3.8) is 0 Å². The Morgan fingerprint density at radius 3 is 2.43 bits per heavy atom. The fraction of sp³-hybridized carbons (Fsp3) is 0.143. The summed E-state index contributed by atoms with van der Waals surface area (Å²) in [6, 6.07) is 24.2. The van der Waals surface area contributed by atoms with Gasteiger partial charge < -0.3 is 26.0 Å². The van der Waals surface area contributed by atoms with Crippen molar-refractivity contribution in [2.45, 2.75) is 13.5 Å². The molecule has 47 heavy (non-hydrogen) atoms. The number of carbonyl (C=O) groups excluding carboxylic acids is 2. The molecule has 0 bridgehead atoms. The van der Waals surface area contributed by atoms with Crippen molar-refractivity contribution < 1.29 is 23.1 Å². The maximum Gasteiger partial charge on any atom is 0.328 e. The Balaban J connectivity index is 1.38. The van der Waals surface area contributed by atoms with Crippen molar-refractivity contribution in [3.8, 4) is 22.8 Å². The lowest BCUT2D eigenvalue weighted by Crippen LogP contribution is -2.43. The quantitative estimate of drug-likeness (QED) is 0.125. The monoisotopic (exact) mass is 635 g/mol. The molecule has 1 aliphatic heterocycles. The number of hydrogen-bond acceptors (Lipinski definition) is 7. The van der Waals surface area contributed by atoms with Crippen molar-refractivity contribution in [1.29, 1.82) is 0 Å². The number of aryl methyl sites for hydroxylation is 1. The molecule has 0 saturated heterocycles. The number of para-hydroxylation sites is 2. The smallest absolute Gasteiger partial charge is 0.328 e. The molecular weight excluding hydrogens is 604 g/mol. The van der Waals surface area contributed by atoms with Gasteiger partial charge in [0.2, 0.25) is 5.95 Å². The average Bonchev–Trinajstić information content (AvgIpc) is 3.06. The van der Waals surface area contributed by atoms with Gasteiger partial charge in [0.25, 0.3) is 5.91 Å². The molecule has 0 unspecified atom stereocenters. The maximum absolute atomic E-state index is 15.0. The second-order valence-corrected chi connectivity index (χ2v) is 10.7. The lowest BCUT2D eigenvalue weighted by atomic mass is 9.97. The summed E-state index contributed by atoms with van der Waals surface area (Å²) in [5.74, 6) is -0.824. The molecule has 0 atom stereocenters. The highest BCUT2D eigenvalue weighted by Gasteiger charge is 2.34. The number of urea groups is 1. The van der Waals surface area contributed by atoms with Gasteiger partial charge in [-0.05, 0) is 68.1 Å². The van der Waals surface area contributed by atoms with E-state index < -0.39 is 23.4 Å². The van der Waals surface area contributed by atoms with Crippen LogP contribution in [0.5, 0.6) is 11.5 Å². The SMILES string of the molecule is CNCCNc1nc(-c2cc(C(=O)Nc3cccc(Oc4ccccc4)c3)ccc2C)c2c(n1)N(c1c(F)cccc1F)C(=O)NC2. The highest BCUT2D eigenvalue weighted by atomic mass is 19.1. The van der Waals surface area contributed by atoms with E-state index in [9.17, 15) is 9.59 Å². The van der Waals surface area contributed by atoms with E-state index in [1.54, 1.807) is 49.5 Å². The lowest BCUT2D eigenvalue weighted by Gasteiger charge is -2.31. The van der Waals surface area contributed by atoms with E-state index in [1.807, 2.05) is 37.3 Å². The van der Waals surface area contributed by atoms with Crippen molar-refractivity contribution in [2.24, 2.45) is 0 Å². The van der Waals surface area contributed by atoms with Crippen molar-refractivity contribution in [1.82, 2.24) is 20.6 Å². The number of likely N-dealkylation sites (N-methyl/N-ethyl adjacent to an activating group) is 1. The van der Waals surface area contributed by atoms with E-state index in [2.05, 4.69) is 26.3 Å². The van der Waals surface area contributed by atoms with Gasteiger partial charge in [-0.2, -0.15) is 4.98 Å². The van der Waals surface area contributed by atoms with Gasteiger partial charge in [0, 0.05) is 41.5 Å². The van der Waals surface area contributed by atoms with Crippen LogP contribution in [0.3, 0.4) is 0 Å². The molecule has 6 rings (SSSR count). The number of nitrogens with zero attached hydrogens (tertiary/aromatic N) is 3. The largest absolute Gasteiger partial charge is 0.457 e. The summed E-state index contributed by atoms with van der Waals surface area (Å²) >= 11 is 0. The van der Waals surface area contributed by atoms with Gasteiger partial charge >= 0.3 is 6.03 Å². The molecule has 0 radical (unpaired) electrons. The summed E-state index contributed by atoms with van der Waals surface area (Å²) in [6.45, 7) is 2.87. The Labute approximate surface area is 269 Å². The highest BCUT2D eigenvalue weighted by Crippen LogP contribution is 2.39. The Morgan fingerprint density at radius 2 is 1.66 bits per heavy atom. The third-order valence-electron chi connectivity index (χ3n) is 7.46. The van der Waals surface area contributed by atoms with E-state index in [1.165, 1.54) is 6.07 Å². The highest BCUT2D eigenvalue weighted by molar-refractivity contribution is 6.06. The summed E-state index contributed by atoms with van der Waals surface area (Å²) in [7, 11) is 1.79. The number of carbonyl (C=O) groups is 2. The van der Waals surface area contributed by atoms with Crippen LogP contribution in [-0.2, 0) is 6.54 Å². The standard InChI is InChI=1S/C35H31F2N7O3/c1-21-14-15-22(33(45)41-23-8-6-11-25(19-23)47-24-9-4-3-5-10-24)18-26(21)30-27-20-40-35(46)44(31-28(36)12-7-13-29(31)37)32(27)43-34(42-30)39-17-16-38-2/h3-15,18-19,38H,16-17,20H2,1-2H3,(H,40,46)(H,41,45)(H,39,42,43). The molecule has 0 fully saturated rings. The number of ether oxygens (including phenoxy) is 1. The van der Waals surface area contributed by atoms with E-state index in [-0.39, 0.29) is 24.2 Å². The summed E-state index contributed by atoms with van der Waals surface area (Å²) in [6.07, 6.45) is 0. The van der Waals surface area contributed by atoms with Crippen LogP contribution in [0, 0.1) is 18.6 Å².